The molecule has 100 valence electrons. The van der Waals surface area contributed by atoms with Gasteiger partial charge in [0.05, 0.1) is 18.7 Å². The molecule has 0 atom stereocenters. The fourth-order valence-electron chi connectivity index (χ4n) is 2.71. The lowest BCUT2D eigenvalue weighted by molar-refractivity contribution is 0.177. The average Bonchev–Trinajstić information content (AvgIpc) is 2.31. The van der Waals surface area contributed by atoms with Crippen LogP contribution in [0.2, 0.25) is 5.02 Å². The molecule has 1 saturated carbocycles. The predicted molar refractivity (Wildman–Crippen MR) is 73.3 cm³/mol. The van der Waals surface area contributed by atoms with Crippen LogP contribution in [-0.4, -0.2) is 20.8 Å². The van der Waals surface area contributed by atoms with Crippen LogP contribution in [0.25, 0.3) is 0 Å². The van der Waals surface area contributed by atoms with Gasteiger partial charge in [-0.25, -0.2) is 0 Å². The van der Waals surface area contributed by atoms with Crippen molar-refractivity contribution in [2.75, 3.05) is 20.8 Å². The lowest BCUT2D eigenvalue weighted by Crippen LogP contribution is -2.42. The number of methoxy groups -OCH3 is 2. The number of benzene rings is 1. The van der Waals surface area contributed by atoms with Crippen molar-refractivity contribution in [3.8, 4) is 5.75 Å². The van der Waals surface area contributed by atoms with E-state index in [0.29, 0.717) is 23.9 Å². The second-order valence-corrected chi connectivity index (χ2v) is 5.32. The summed E-state index contributed by atoms with van der Waals surface area (Å²) in [4.78, 5) is 0. The van der Waals surface area contributed by atoms with Crippen molar-refractivity contribution in [3.63, 3.8) is 0 Å². The lowest BCUT2D eigenvalue weighted by atomic mass is 9.63. The van der Waals surface area contributed by atoms with Crippen molar-refractivity contribution in [1.82, 2.24) is 0 Å². The molecule has 1 aromatic rings. The molecule has 3 nitrogen and oxygen atoms in total. The van der Waals surface area contributed by atoms with Gasteiger partial charge in [0.1, 0.15) is 5.75 Å². The molecule has 1 aromatic carbocycles. The SMILES string of the molecule is COCc1cc(OC)c(Cl)cc1C1(CN)CCC1. The van der Waals surface area contributed by atoms with Crippen molar-refractivity contribution in [2.45, 2.75) is 31.3 Å². The zero-order valence-corrected chi connectivity index (χ0v) is 11.7. The largest absolute Gasteiger partial charge is 0.495 e. The Hall–Kier alpha value is -0.770. The van der Waals surface area contributed by atoms with Gasteiger partial charge in [0.25, 0.3) is 0 Å². The maximum atomic E-state index is 6.24. The minimum atomic E-state index is 0.0871. The molecule has 0 amide bonds. The van der Waals surface area contributed by atoms with E-state index < -0.39 is 0 Å². The third kappa shape index (κ3) is 2.22. The van der Waals surface area contributed by atoms with Gasteiger partial charge < -0.3 is 15.2 Å². The first-order valence-corrected chi connectivity index (χ1v) is 6.60. The summed E-state index contributed by atoms with van der Waals surface area (Å²) in [6, 6.07) is 3.97. The van der Waals surface area contributed by atoms with Gasteiger partial charge in [-0.3, -0.25) is 0 Å². The van der Waals surface area contributed by atoms with Gasteiger partial charge in [0.2, 0.25) is 0 Å². The van der Waals surface area contributed by atoms with Gasteiger partial charge in [-0.05, 0) is 36.1 Å². The number of ether oxygens (including phenoxy) is 2. The van der Waals surface area contributed by atoms with E-state index >= 15 is 0 Å². The van der Waals surface area contributed by atoms with Crippen LogP contribution in [0.15, 0.2) is 12.1 Å². The van der Waals surface area contributed by atoms with Crippen molar-refractivity contribution in [1.29, 1.82) is 0 Å². The Kier molecular flexibility index (Phi) is 4.15. The summed E-state index contributed by atoms with van der Waals surface area (Å²) in [6.07, 6.45) is 3.49. The Balaban J connectivity index is 2.47. The molecule has 0 radical (unpaired) electrons. The van der Waals surface area contributed by atoms with Gasteiger partial charge in [-0.1, -0.05) is 18.0 Å². The summed E-state index contributed by atoms with van der Waals surface area (Å²) >= 11 is 6.24. The van der Waals surface area contributed by atoms with E-state index in [2.05, 4.69) is 0 Å². The van der Waals surface area contributed by atoms with E-state index in [1.165, 1.54) is 12.0 Å². The molecule has 0 aliphatic heterocycles. The second kappa shape index (κ2) is 5.47. The van der Waals surface area contributed by atoms with Crippen LogP contribution in [0.3, 0.4) is 0 Å². The molecule has 2 rings (SSSR count). The molecule has 0 unspecified atom stereocenters. The van der Waals surface area contributed by atoms with E-state index in [1.54, 1.807) is 14.2 Å². The summed E-state index contributed by atoms with van der Waals surface area (Å²) in [5.41, 5.74) is 8.41. The first kappa shape index (κ1) is 13.7. The Morgan fingerprint density at radius 3 is 2.50 bits per heavy atom. The molecule has 1 aliphatic carbocycles. The molecule has 0 heterocycles. The lowest BCUT2D eigenvalue weighted by Gasteiger charge is -2.43. The van der Waals surface area contributed by atoms with Crippen molar-refractivity contribution in [2.24, 2.45) is 5.73 Å². The number of hydrogen-bond acceptors (Lipinski definition) is 3. The molecule has 2 N–H and O–H groups in total. The maximum Gasteiger partial charge on any atom is 0.137 e. The van der Waals surface area contributed by atoms with E-state index in [9.17, 15) is 0 Å². The first-order chi connectivity index (χ1) is 8.66. The summed E-state index contributed by atoms with van der Waals surface area (Å²) < 4.78 is 10.5. The number of hydrogen-bond donors (Lipinski definition) is 1. The Bertz CT molecular complexity index is 425. The first-order valence-electron chi connectivity index (χ1n) is 6.23. The Labute approximate surface area is 113 Å². The average molecular weight is 270 g/mol. The number of halogens is 1. The van der Waals surface area contributed by atoms with E-state index in [0.717, 1.165) is 18.4 Å². The molecule has 0 spiro atoms. The van der Waals surface area contributed by atoms with E-state index in [4.69, 9.17) is 26.8 Å². The minimum Gasteiger partial charge on any atom is -0.495 e. The summed E-state index contributed by atoms with van der Waals surface area (Å²) in [6.45, 7) is 1.22. The van der Waals surface area contributed by atoms with Gasteiger partial charge in [0.15, 0.2) is 0 Å². The number of nitrogens with two attached hydrogens (primary N) is 1. The molecule has 0 saturated heterocycles. The minimum absolute atomic E-state index is 0.0871. The Morgan fingerprint density at radius 2 is 2.06 bits per heavy atom. The van der Waals surface area contributed by atoms with Crippen LogP contribution >= 0.6 is 11.6 Å². The highest BCUT2D eigenvalue weighted by Gasteiger charge is 2.39. The third-order valence-corrected chi connectivity index (χ3v) is 4.25. The summed E-state index contributed by atoms with van der Waals surface area (Å²) in [5.74, 6) is 0.693. The van der Waals surface area contributed by atoms with Gasteiger partial charge in [-0.15, -0.1) is 0 Å². The zero-order valence-electron chi connectivity index (χ0n) is 11.0. The van der Waals surface area contributed by atoms with Gasteiger partial charge >= 0.3 is 0 Å². The molecule has 0 aromatic heterocycles. The highest BCUT2D eigenvalue weighted by molar-refractivity contribution is 6.32. The normalized spacial score (nSPS) is 17.3. The molecule has 18 heavy (non-hydrogen) atoms. The van der Waals surface area contributed by atoms with Crippen LogP contribution in [0.4, 0.5) is 0 Å². The molecular formula is C14H20ClNO2. The van der Waals surface area contributed by atoms with Crippen LogP contribution in [-0.2, 0) is 16.8 Å². The van der Waals surface area contributed by atoms with E-state index in [-0.39, 0.29) is 5.41 Å². The maximum absolute atomic E-state index is 6.24. The highest BCUT2D eigenvalue weighted by atomic mass is 35.5. The summed E-state index contributed by atoms with van der Waals surface area (Å²) in [5, 5.41) is 0.645. The Morgan fingerprint density at radius 1 is 1.33 bits per heavy atom. The molecule has 0 bridgehead atoms. The monoisotopic (exact) mass is 269 g/mol. The highest BCUT2D eigenvalue weighted by Crippen LogP contribution is 2.46. The second-order valence-electron chi connectivity index (χ2n) is 4.91. The van der Waals surface area contributed by atoms with Gasteiger partial charge in [-0.2, -0.15) is 0 Å². The number of rotatable bonds is 5. The molecule has 4 heteroatoms. The van der Waals surface area contributed by atoms with Crippen molar-refractivity contribution >= 4 is 11.6 Å². The molecular weight excluding hydrogens is 250 g/mol. The molecule has 1 aliphatic rings. The fraction of sp³-hybridized carbons (Fsp3) is 0.571. The summed E-state index contributed by atoms with van der Waals surface area (Å²) in [7, 11) is 3.32. The quantitative estimate of drug-likeness (QED) is 0.894. The predicted octanol–water partition coefficient (Wildman–Crippen LogP) is 2.88. The standard InChI is InChI=1S/C14H20ClNO2/c1-17-8-10-6-13(18-2)12(15)7-11(10)14(9-16)4-3-5-14/h6-7H,3-5,8-9,16H2,1-2H3. The fourth-order valence-corrected chi connectivity index (χ4v) is 2.95. The molecule has 1 fully saturated rings. The van der Waals surface area contributed by atoms with Crippen LogP contribution < -0.4 is 10.5 Å². The van der Waals surface area contributed by atoms with Crippen LogP contribution in [0.5, 0.6) is 5.75 Å². The van der Waals surface area contributed by atoms with Gasteiger partial charge in [0, 0.05) is 19.1 Å². The van der Waals surface area contributed by atoms with E-state index in [1.807, 2.05) is 12.1 Å². The van der Waals surface area contributed by atoms with Crippen molar-refractivity contribution in [3.05, 3.63) is 28.3 Å². The zero-order chi connectivity index (χ0) is 13.2. The van der Waals surface area contributed by atoms with Crippen LogP contribution in [0.1, 0.15) is 30.4 Å². The van der Waals surface area contributed by atoms with Crippen molar-refractivity contribution < 1.29 is 9.47 Å². The third-order valence-electron chi connectivity index (χ3n) is 3.95. The smallest absolute Gasteiger partial charge is 0.137 e. The topological polar surface area (TPSA) is 44.5 Å². The van der Waals surface area contributed by atoms with Crippen LogP contribution in [0, 0.1) is 0 Å².